The molecule has 3 unspecified atom stereocenters. The zero-order valence-corrected chi connectivity index (χ0v) is 69.1. The number of phosphoric acid groups is 2. The van der Waals surface area contributed by atoms with Crippen LogP contribution in [0.15, 0.2) is 24.3 Å². The van der Waals surface area contributed by atoms with Crippen LogP contribution in [0.25, 0.3) is 0 Å². The van der Waals surface area contributed by atoms with E-state index in [2.05, 4.69) is 72.8 Å². The lowest BCUT2D eigenvalue weighted by molar-refractivity contribution is -0.161. The van der Waals surface area contributed by atoms with Crippen molar-refractivity contribution in [2.24, 2.45) is 17.8 Å². The molecular weight excluding hydrogens is 1340 g/mol. The maximum atomic E-state index is 13.1. The molecule has 0 aromatic heterocycles. The molecule has 0 spiro atoms. The first kappa shape index (κ1) is 101. The molecule has 19 heteroatoms. The van der Waals surface area contributed by atoms with Crippen LogP contribution in [0.1, 0.15) is 414 Å². The average Bonchev–Trinajstić information content (AvgIpc) is 0.910. The molecule has 6 atom stereocenters. The summed E-state index contributed by atoms with van der Waals surface area (Å²) in [5, 5.41) is 10.7. The molecule has 0 aromatic rings. The van der Waals surface area contributed by atoms with Gasteiger partial charge in [0, 0.05) is 25.7 Å². The number of rotatable bonds is 80. The molecule has 0 radical (unpaired) electrons. The van der Waals surface area contributed by atoms with Gasteiger partial charge in [-0.2, -0.15) is 0 Å². The summed E-state index contributed by atoms with van der Waals surface area (Å²) in [7, 11) is -9.94. The van der Waals surface area contributed by atoms with Gasteiger partial charge in [-0.25, -0.2) is 9.13 Å². The topological polar surface area (TPSA) is 237 Å². The number of aliphatic hydroxyl groups excluding tert-OH is 1. The van der Waals surface area contributed by atoms with Crippen molar-refractivity contribution in [2.45, 2.75) is 433 Å². The summed E-state index contributed by atoms with van der Waals surface area (Å²) in [6.07, 6.45) is 66.1. The Bertz CT molecular complexity index is 2090. The van der Waals surface area contributed by atoms with Gasteiger partial charge in [-0.05, 0) is 69.1 Å². The minimum absolute atomic E-state index is 0.101. The predicted octanol–water partition coefficient (Wildman–Crippen LogP) is 24.9. The van der Waals surface area contributed by atoms with Gasteiger partial charge in [0.05, 0.1) is 26.4 Å². The molecule has 0 saturated carbocycles. The second kappa shape index (κ2) is 73.7. The highest BCUT2D eigenvalue weighted by atomic mass is 31.2. The van der Waals surface area contributed by atoms with Crippen LogP contribution in [-0.4, -0.2) is 96.7 Å². The number of hydrogen-bond donors (Lipinski definition) is 3. The summed E-state index contributed by atoms with van der Waals surface area (Å²) in [6.45, 7) is 11.9. The van der Waals surface area contributed by atoms with Crippen molar-refractivity contribution in [1.82, 2.24) is 0 Å². The smallest absolute Gasteiger partial charge is 0.462 e. The number of hydrogen-bond acceptors (Lipinski definition) is 15. The first-order valence-corrected chi connectivity index (χ1v) is 45.7. The lowest BCUT2D eigenvalue weighted by Crippen LogP contribution is -2.30. The largest absolute Gasteiger partial charge is 0.472 e. The highest BCUT2D eigenvalue weighted by Gasteiger charge is 2.30. The number of carbonyl (C=O) groups excluding carboxylic acids is 4. The third-order valence-electron chi connectivity index (χ3n) is 19.4. The monoisotopic (exact) mass is 1500 g/mol. The van der Waals surface area contributed by atoms with Crippen molar-refractivity contribution >= 4 is 39.5 Å². The van der Waals surface area contributed by atoms with Crippen LogP contribution >= 0.6 is 15.6 Å². The minimum atomic E-state index is -4.97. The lowest BCUT2D eigenvalue weighted by atomic mass is 10.00. The van der Waals surface area contributed by atoms with Gasteiger partial charge in [-0.3, -0.25) is 37.3 Å². The Morgan fingerprint density at radius 2 is 0.573 bits per heavy atom. The molecule has 608 valence electrons. The maximum absolute atomic E-state index is 13.1. The van der Waals surface area contributed by atoms with Crippen molar-refractivity contribution in [3.8, 4) is 0 Å². The molecule has 0 amide bonds. The summed E-state index contributed by atoms with van der Waals surface area (Å²) in [5.74, 6) is 0.206. The summed E-state index contributed by atoms with van der Waals surface area (Å²) in [5.41, 5.74) is 0. The van der Waals surface area contributed by atoms with Gasteiger partial charge in [0.1, 0.15) is 19.3 Å². The van der Waals surface area contributed by atoms with E-state index in [0.29, 0.717) is 25.7 Å². The molecular formula is C84H160O17P2. The van der Waals surface area contributed by atoms with Gasteiger partial charge in [0.25, 0.3) is 0 Å². The molecule has 0 saturated heterocycles. The van der Waals surface area contributed by atoms with E-state index in [-0.39, 0.29) is 25.7 Å². The van der Waals surface area contributed by atoms with Crippen molar-refractivity contribution in [2.75, 3.05) is 39.6 Å². The lowest BCUT2D eigenvalue weighted by Gasteiger charge is -2.21. The molecule has 0 aliphatic rings. The third-order valence-corrected chi connectivity index (χ3v) is 21.3. The van der Waals surface area contributed by atoms with Gasteiger partial charge in [0.2, 0.25) is 0 Å². The highest BCUT2D eigenvalue weighted by molar-refractivity contribution is 7.47. The fraction of sp³-hybridized carbons (Fsp3) is 0.905. The van der Waals surface area contributed by atoms with Crippen LogP contribution in [0.2, 0.25) is 0 Å². The van der Waals surface area contributed by atoms with Crippen molar-refractivity contribution < 1.29 is 80.2 Å². The summed E-state index contributed by atoms with van der Waals surface area (Å²) in [4.78, 5) is 73.1. The Morgan fingerprint density at radius 1 is 0.320 bits per heavy atom. The van der Waals surface area contributed by atoms with E-state index in [4.69, 9.17) is 37.0 Å². The maximum Gasteiger partial charge on any atom is 0.472 e. The van der Waals surface area contributed by atoms with Crippen LogP contribution in [0, 0.1) is 17.8 Å². The van der Waals surface area contributed by atoms with Crippen LogP contribution in [-0.2, 0) is 65.4 Å². The van der Waals surface area contributed by atoms with E-state index in [9.17, 15) is 43.2 Å². The van der Waals surface area contributed by atoms with Gasteiger partial charge < -0.3 is 33.8 Å². The number of esters is 4. The van der Waals surface area contributed by atoms with E-state index < -0.39 is 97.5 Å². The average molecular weight is 1500 g/mol. The van der Waals surface area contributed by atoms with Crippen LogP contribution < -0.4 is 0 Å². The summed E-state index contributed by atoms with van der Waals surface area (Å²) >= 11 is 0. The number of ether oxygens (including phenoxy) is 4. The first-order valence-electron chi connectivity index (χ1n) is 42.7. The quantitative estimate of drug-likeness (QED) is 0.0169. The van der Waals surface area contributed by atoms with E-state index in [1.807, 2.05) is 0 Å². The molecule has 0 aliphatic heterocycles. The minimum Gasteiger partial charge on any atom is -0.462 e. The Labute approximate surface area is 631 Å². The van der Waals surface area contributed by atoms with Crippen molar-refractivity contribution in [1.29, 1.82) is 0 Å². The van der Waals surface area contributed by atoms with Crippen LogP contribution in [0.3, 0.4) is 0 Å². The fourth-order valence-electron chi connectivity index (χ4n) is 12.4. The molecule has 0 fully saturated rings. The van der Waals surface area contributed by atoms with E-state index in [1.165, 1.54) is 199 Å². The van der Waals surface area contributed by atoms with E-state index in [1.54, 1.807) is 0 Å². The summed E-state index contributed by atoms with van der Waals surface area (Å²) in [6, 6.07) is 0. The molecule has 3 N–H and O–H groups in total. The normalized spacial score (nSPS) is 14.3. The SMILES string of the molecule is CCCCCC/C=C\C=C/CCCCCCCC(=O)OC[C@H](COP(=O)(O)OC[C@@H](O)COP(=O)(O)OC[C@@H](COC(=O)CCCCCCCCC(C)CC)OC(=O)CCCCCCCCCCCCCCCCCCC(C)C)OC(=O)CCCCCCCCCCCCCCCCCCC(C)C. The van der Waals surface area contributed by atoms with Crippen molar-refractivity contribution in [3.63, 3.8) is 0 Å². The second-order valence-corrected chi connectivity index (χ2v) is 33.6. The molecule has 17 nitrogen and oxygen atoms in total. The number of allylic oxidation sites excluding steroid dienone is 4. The molecule has 0 bridgehead atoms. The van der Waals surface area contributed by atoms with E-state index >= 15 is 0 Å². The Kier molecular flexibility index (Phi) is 71.9. The number of unbranched alkanes of at least 4 members (excludes halogenated alkanes) is 44. The molecule has 0 aliphatic carbocycles. The third kappa shape index (κ3) is 76.1. The summed E-state index contributed by atoms with van der Waals surface area (Å²) < 4.78 is 68.8. The first-order chi connectivity index (χ1) is 49.8. The fourth-order valence-corrected chi connectivity index (χ4v) is 14.0. The predicted molar refractivity (Wildman–Crippen MR) is 423 cm³/mol. The van der Waals surface area contributed by atoms with Crippen LogP contribution in [0.5, 0.6) is 0 Å². The number of carbonyl (C=O) groups is 4. The second-order valence-electron chi connectivity index (χ2n) is 30.7. The molecule has 103 heavy (non-hydrogen) atoms. The molecule has 0 heterocycles. The standard InChI is InChI=1S/C84H160O17P2/c1-8-10-11-12-13-14-15-16-21-28-33-38-43-51-58-65-81(86)94-71-79(100-83(88)67-60-53-44-39-34-29-24-19-17-22-26-31-36-41-48-55-62-75(3)4)73-98-102(90,91)96-69-78(85)70-97-103(92,93)99-74-80(72-95-82(87)66-59-52-47-46-50-57-64-77(7)9-2)101-84(89)68-61-54-45-40-35-30-25-20-18-23-27-32-37-42-49-56-63-76(5)6/h14-16,21,75-80,85H,8-13,17-20,22-74H2,1-7H3,(H,90,91)(H,92,93)/b15-14-,21-16-/t77?,78-,79-,80-/m1/s1. The van der Waals surface area contributed by atoms with Gasteiger partial charge in [-0.15, -0.1) is 0 Å². The van der Waals surface area contributed by atoms with Gasteiger partial charge in [0.15, 0.2) is 12.2 Å². The molecule has 0 aromatic carbocycles. The molecule has 0 rings (SSSR count). The number of phosphoric ester groups is 2. The van der Waals surface area contributed by atoms with E-state index in [0.717, 1.165) is 133 Å². The highest BCUT2D eigenvalue weighted by Crippen LogP contribution is 2.45. The zero-order chi connectivity index (χ0) is 75.8. The van der Waals surface area contributed by atoms with Gasteiger partial charge in [-0.1, -0.05) is 362 Å². The Morgan fingerprint density at radius 3 is 0.864 bits per heavy atom. The van der Waals surface area contributed by atoms with Gasteiger partial charge >= 0.3 is 39.5 Å². The Balaban J connectivity index is 5.26. The Hall–Kier alpha value is -2.46. The van der Waals surface area contributed by atoms with Crippen molar-refractivity contribution in [3.05, 3.63) is 24.3 Å². The zero-order valence-electron chi connectivity index (χ0n) is 67.3. The number of aliphatic hydroxyl groups is 1. The van der Waals surface area contributed by atoms with Crippen LogP contribution in [0.4, 0.5) is 0 Å².